The van der Waals surface area contributed by atoms with Crippen molar-refractivity contribution in [1.29, 1.82) is 0 Å². The maximum atomic E-state index is 6.44. The number of ether oxygens (including phenoxy) is 1. The normalized spacial score (nSPS) is 21.2. The highest BCUT2D eigenvalue weighted by atomic mass is 16.5. The summed E-state index contributed by atoms with van der Waals surface area (Å²) >= 11 is 0. The van der Waals surface area contributed by atoms with Crippen molar-refractivity contribution in [2.24, 2.45) is 11.8 Å². The average Bonchev–Trinajstić information content (AvgIpc) is 2.74. The van der Waals surface area contributed by atoms with Crippen molar-refractivity contribution in [3.8, 4) is 5.75 Å². The molecule has 5 rings (SSSR count). The number of aromatic nitrogens is 1. The SMILES string of the molecule is CN1CCC2Cc3nc4ccccc4c(N)c3CC2C1.COc1ccccc1. The van der Waals surface area contributed by atoms with Crippen molar-refractivity contribution in [3.63, 3.8) is 0 Å². The fourth-order valence-corrected chi connectivity index (χ4v) is 4.56. The molecule has 2 N–H and O–H groups in total. The molecule has 4 heteroatoms. The van der Waals surface area contributed by atoms with Gasteiger partial charge in [0.2, 0.25) is 0 Å². The maximum absolute atomic E-state index is 6.44. The minimum atomic E-state index is 0.756. The van der Waals surface area contributed by atoms with Gasteiger partial charge < -0.3 is 15.4 Å². The first kappa shape index (κ1) is 18.8. The molecule has 0 radical (unpaired) electrons. The molecule has 0 amide bonds. The number of fused-ring (bicyclic) bond motifs is 3. The van der Waals surface area contributed by atoms with Crippen molar-refractivity contribution >= 4 is 16.6 Å². The monoisotopic (exact) mass is 375 g/mol. The molecular weight excluding hydrogens is 346 g/mol. The highest BCUT2D eigenvalue weighted by Crippen LogP contribution is 2.39. The van der Waals surface area contributed by atoms with Crippen LogP contribution in [0.5, 0.6) is 5.75 Å². The second kappa shape index (κ2) is 8.19. The molecule has 146 valence electrons. The zero-order valence-electron chi connectivity index (χ0n) is 16.8. The van der Waals surface area contributed by atoms with E-state index in [1.807, 2.05) is 42.5 Å². The van der Waals surface area contributed by atoms with Crippen LogP contribution in [0.1, 0.15) is 17.7 Å². The third-order valence-electron chi connectivity index (χ3n) is 6.12. The lowest BCUT2D eigenvalue weighted by atomic mass is 9.73. The summed E-state index contributed by atoms with van der Waals surface area (Å²) in [6.45, 7) is 2.43. The van der Waals surface area contributed by atoms with E-state index in [1.165, 1.54) is 30.8 Å². The van der Waals surface area contributed by atoms with E-state index in [0.717, 1.165) is 47.0 Å². The Hall–Kier alpha value is -2.59. The van der Waals surface area contributed by atoms with Gasteiger partial charge in [0.05, 0.1) is 12.6 Å². The molecule has 0 bridgehead atoms. The molecular formula is C24H29N3O. The van der Waals surface area contributed by atoms with Gasteiger partial charge in [-0.15, -0.1) is 0 Å². The number of anilines is 1. The van der Waals surface area contributed by atoms with E-state index in [1.54, 1.807) is 7.11 Å². The molecule has 0 spiro atoms. The summed E-state index contributed by atoms with van der Waals surface area (Å²) in [4.78, 5) is 7.35. The predicted molar refractivity (Wildman–Crippen MR) is 116 cm³/mol. The highest BCUT2D eigenvalue weighted by molar-refractivity contribution is 5.92. The van der Waals surface area contributed by atoms with Crippen LogP contribution in [0.25, 0.3) is 10.9 Å². The number of methoxy groups -OCH3 is 1. The fraction of sp³-hybridized carbons (Fsp3) is 0.375. The average molecular weight is 376 g/mol. The summed E-state index contributed by atoms with van der Waals surface area (Å²) in [5, 5.41) is 1.12. The quantitative estimate of drug-likeness (QED) is 0.693. The number of rotatable bonds is 1. The standard InChI is InChI=1S/C17H21N3.C7H8O/c1-20-7-6-11-9-16-14(8-12(11)10-20)17(18)13-4-2-3-5-15(13)19-16;1-8-7-5-3-2-4-6-7/h2-5,11-12H,6-10H2,1H3,(H2,18,19);2-6H,1H3. The maximum Gasteiger partial charge on any atom is 0.118 e. The molecule has 1 fully saturated rings. The highest BCUT2D eigenvalue weighted by Gasteiger charge is 2.34. The van der Waals surface area contributed by atoms with Crippen molar-refractivity contribution in [1.82, 2.24) is 9.88 Å². The summed E-state index contributed by atoms with van der Waals surface area (Å²) in [6, 6.07) is 17.9. The van der Waals surface area contributed by atoms with Crippen LogP contribution >= 0.6 is 0 Å². The molecule has 1 aromatic heterocycles. The molecule has 2 heterocycles. The van der Waals surface area contributed by atoms with Crippen molar-refractivity contribution < 1.29 is 4.74 Å². The number of piperidine rings is 1. The fourth-order valence-electron chi connectivity index (χ4n) is 4.56. The zero-order valence-corrected chi connectivity index (χ0v) is 16.8. The first-order chi connectivity index (χ1) is 13.7. The Kier molecular flexibility index (Phi) is 5.49. The Bertz CT molecular complexity index is 941. The number of nitrogen functional groups attached to an aromatic ring is 1. The number of hydrogen-bond donors (Lipinski definition) is 1. The molecule has 2 atom stereocenters. The third kappa shape index (κ3) is 3.83. The number of para-hydroxylation sites is 2. The Morgan fingerprint density at radius 1 is 1.00 bits per heavy atom. The molecule has 2 unspecified atom stereocenters. The van der Waals surface area contributed by atoms with Crippen LogP contribution in [-0.4, -0.2) is 37.1 Å². The van der Waals surface area contributed by atoms with Crippen LogP contribution in [0.15, 0.2) is 54.6 Å². The van der Waals surface area contributed by atoms with Crippen LogP contribution in [0.2, 0.25) is 0 Å². The Morgan fingerprint density at radius 3 is 2.50 bits per heavy atom. The first-order valence-corrected chi connectivity index (χ1v) is 10.1. The molecule has 3 aromatic rings. The van der Waals surface area contributed by atoms with Crippen molar-refractivity contribution in [3.05, 3.63) is 65.9 Å². The van der Waals surface area contributed by atoms with Crippen molar-refractivity contribution in [2.45, 2.75) is 19.3 Å². The van der Waals surface area contributed by atoms with Crippen LogP contribution in [-0.2, 0) is 12.8 Å². The summed E-state index contributed by atoms with van der Waals surface area (Å²) in [6.07, 6.45) is 3.52. The molecule has 2 aromatic carbocycles. The number of hydrogen-bond acceptors (Lipinski definition) is 4. The summed E-state index contributed by atoms with van der Waals surface area (Å²) < 4.78 is 4.91. The van der Waals surface area contributed by atoms with E-state index >= 15 is 0 Å². The second-order valence-electron chi connectivity index (χ2n) is 7.96. The molecule has 1 aliphatic carbocycles. The van der Waals surface area contributed by atoms with Gasteiger partial charge in [0.1, 0.15) is 5.75 Å². The van der Waals surface area contributed by atoms with Gasteiger partial charge in [0.25, 0.3) is 0 Å². The van der Waals surface area contributed by atoms with Crippen molar-refractivity contribution in [2.75, 3.05) is 33.0 Å². The van der Waals surface area contributed by atoms with E-state index in [0.29, 0.717) is 0 Å². The zero-order chi connectivity index (χ0) is 19.5. The van der Waals surface area contributed by atoms with Crippen LogP contribution in [0.4, 0.5) is 5.69 Å². The molecule has 28 heavy (non-hydrogen) atoms. The predicted octanol–water partition coefficient (Wildman–Crippen LogP) is 4.18. The van der Waals surface area contributed by atoms with Gasteiger partial charge in [-0.25, -0.2) is 0 Å². The van der Waals surface area contributed by atoms with Crippen LogP contribution in [0, 0.1) is 11.8 Å². The lowest BCUT2D eigenvalue weighted by molar-refractivity contribution is 0.133. The summed E-state index contributed by atoms with van der Waals surface area (Å²) in [5.41, 5.74) is 11.0. The molecule has 1 aliphatic heterocycles. The van der Waals surface area contributed by atoms with Gasteiger partial charge in [0, 0.05) is 23.3 Å². The van der Waals surface area contributed by atoms with Gasteiger partial charge in [-0.3, -0.25) is 4.98 Å². The minimum absolute atomic E-state index is 0.756. The third-order valence-corrected chi connectivity index (χ3v) is 6.12. The van der Waals surface area contributed by atoms with Gasteiger partial charge in [0.15, 0.2) is 0 Å². The topological polar surface area (TPSA) is 51.4 Å². The van der Waals surface area contributed by atoms with E-state index in [4.69, 9.17) is 15.5 Å². The second-order valence-corrected chi connectivity index (χ2v) is 7.96. The van der Waals surface area contributed by atoms with Gasteiger partial charge in [-0.1, -0.05) is 36.4 Å². The van der Waals surface area contributed by atoms with E-state index in [2.05, 4.69) is 24.1 Å². The number of nitrogens with two attached hydrogens (primary N) is 1. The van der Waals surface area contributed by atoms with Crippen LogP contribution < -0.4 is 10.5 Å². The molecule has 4 nitrogen and oxygen atoms in total. The lowest BCUT2D eigenvalue weighted by Crippen LogP contribution is -2.42. The summed E-state index contributed by atoms with van der Waals surface area (Å²) in [7, 11) is 3.89. The number of likely N-dealkylation sites (tertiary alicyclic amines) is 1. The van der Waals surface area contributed by atoms with E-state index < -0.39 is 0 Å². The Morgan fingerprint density at radius 2 is 1.75 bits per heavy atom. The largest absolute Gasteiger partial charge is 0.497 e. The van der Waals surface area contributed by atoms with E-state index in [-0.39, 0.29) is 0 Å². The smallest absolute Gasteiger partial charge is 0.118 e. The minimum Gasteiger partial charge on any atom is -0.497 e. The lowest BCUT2D eigenvalue weighted by Gasteiger charge is -2.40. The Labute approximate surface area is 167 Å². The number of pyridine rings is 1. The number of nitrogens with zero attached hydrogens (tertiary/aromatic N) is 2. The van der Waals surface area contributed by atoms with E-state index in [9.17, 15) is 0 Å². The molecule has 0 saturated carbocycles. The van der Waals surface area contributed by atoms with Gasteiger partial charge in [-0.05, 0) is 68.5 Å². The van der Waals surface area contributed by atoms with Gasteiger partial charge in [-0.2, -0.15) is 0 Å². The number of benzene rings is 2. The molecule has 2 aliphatic rings. The summed E-state index contributed by atoms with van der Waals surface area (Å²) in [5.74, 6) is 2.46. The first-order valence-electron chi connectivity index (χ1n) is 10.1. The van der Waals surface area contributed by atoms with Gasteiger partial charge >= 0.3 is 0 Å². The Balaban J connectivity index is 0.000000203. The molecule has 1 saturated heterocycles. The van der Waals surface area contributed by atoms with Crippen LogP contribution in [0.3, 0.4) is 0 Å².